The molecule has 1 aliphatic rings. The summed E-state index contributed by atoms with van der Waals surface area (Å²) in [6, 6.07) is 15.6. The molecule has 0 radical (unpaired) electrons. The summed E-state index contributed by atoms with van der Waals surface area (Å²) in [7, 11) is 0. The number of halogens is 2. The highest BCUT2D eigenvalue weighted by atomic mass is 35.5. The van der Waals surface area contributed by atoms with Gasteiger partial charge in [-0.2, -0.15) is 10.2 Å². The summed E-state index contributed by atoms with van der Waals surface area (Å²) >= 11 is 5.73. The van der Waals surface area contributed by atoms with Gasteiger partial charge in [-0.15, -0.1) is 0 Å². The Labute approximate surface area is 183 Å². The van der Waals surface area contributed by atoms with Crippen LogP contribution in [-0.2, 0) is 22.7 Å². The lowest BCUT2D eigenvalue weighted by molar-refractivity contribution is -0.132. The molecule has 4 rings (SSSR count). The van der Waals surface area contributed by atoms with Crippen LogP contribution in [0.3, 0.4) is 0 Å². The lowest BCUT2D eigenvalue weighted by Crippen LogP contribution is -2.36. The predicted octanol–water partition coefficient (Wildman–Crippen LogP) is 3.84. The normalized spacial score (nSPS) is 13.8. The minimum absolute atomic E-state index is 0.0441. The molecule has 1 N–H and O–H groups in total. The van der Waals surface area contributed by atoms with E-state index in [-0.39, 0.29) is 36.0 Å². The molecule has 2 heterocycles. The molecule has 0 bridgehead atoms. The van der Waals surface area contributed by atoms with E-state index in [2.05, 4.69) is 15.5 Å². The molecule has 0 unspecified atom stereocenters. The molecule has 1 aromatic heterocycles. The molecule has 2 amide bonds. The van der Waals surface area contributed by atoms with Crippen LogP contribution < -0.4 is 5.32 Å². The van der Waals surface area contributed by atoms with Gasteiger partial charge in [0.25, 0.3) is 5.91 Å². The maximum atomic E-state index is 13.7. The van der Waals surface area contributed by atoms with E-state index in [0.29, 0.717) is 17.9 Å². The Balaban J connectivity index is 1.47. The van der Waals surface area contributed by atoms with E-state index in [0.717, 1.165) is 5.56 Å². The SMILES string of the molecule is O=C(Nc1ccnn1Cc1ccc(Cl)c(F)c1)C1=NN(Cc2ccccc2)C(=O)CC1. The molecule has 9 heteroatoms. The zero-order valence-electron chi connectivity index (χ0n) is 16.5. The molecule has 0 atom stereocenters. The van der Waals surface area contributed by atoms with Crippen molar-refractivity contribution in [1.82, 2.24) is 14.8 Å². The number of hydrogen-bond acceptors (Lipinski definition) is 4. The molecule has 0 saturated carbocycles. The standard InChI is InChI=1S/C22H19ClFN5O2/c23-17-7-6-16(12-18(17)24)14-28-20(10-11-25-28)26-22(31)19-8-9-21(30)29(27-19)13-15-4-2-1-3-5-15/h1-7,10-12H,8-9,13-14H2,(H,26,31). The van der Waals surface area contributed by atoms with Gasteiger partial charge in [0.15, 0.2) is 0 Å². The van der Waals surface area contributed by atoms with Crippen molar-refractivity contribution in [1.29, 1.82) is 0 Å². The molecular weight excluding hydrogens is 421 g/mol. The topological polar surface area (TPSA) is 79.6 Å². The monoisotopic (exact) mass is 439 g/mol. The molecular formula is C22H19ClFN5O2. The van der Waals surface area contributed by atoms with Crippen molar-refractivity contribution in [2.45, 2.75) is 25.9 Å². The molecule has 31 heavy (non-hydrogen) atoms. The van der Waals surface area contributed by atoms with Crippen LogP contribution in [0.15, 0.2) is 65.9 Å². The van der Waals surface area contributed by atoms with E-state index in [1.54, 1.807) is 12.1 Å². The van der Waals surface area contributed by atoms with E-state index >= 15 is 0 Å². The number of nitrogens with one attached hydrogen (secondary N) is 1. The number of aromatic nitrogens is 2. The number of hydrazone groups is 1. The van der Waals surface area contributed by atoms with Crippen molar-refractivity contribution in [3.05, 3.63) is 82.8 Å². The Morgan fingerprint density at radius 1 is 1.06 bits per heavy atom. The second kappa shape index (κ2) is 9.09. The summed E-state index contributed by atoms with van der Waals surface area (Å²) in [6.07, 6.45) is 2.00. The smallest absolute Gasteiger partial charge is 0.273 e. The Bertz CT molecular complexity index is 1150. The minimum atomic E-state index is -0.517. The highest BCUT2D eigenvalue weighted by molar-refractivity contribution is 6.43. The summed E-state index contributed by atoms with van der Waals surface area (Å²) in [6.45, 7) is 0.554. The average Bonchev–Trinajstić information content (AvgIpc) is 3.19. The zero-order chi connectivity index (χ0) is 21.8. The Hall–Kier alpha value is -3.52. The third-order valence-electron chi connectivity index (χ3n) is 4.82. The van der Waals surface area contributed by atoms with Gasteiger partial charge in [-0.1, -0.05) is 48.0 Å². The van der Waals surface area contributed by atoms with Gasteiger partial charge in [-0.25, -0.2) is 14.1 Å². The highest BCUT2D eigenvalue weighted by Crippen LogP contribution is 2.18. The van der Waals surface area contributed by atoms with E-state index < -0.39 is 11.7 Å². The van der Waals surface area contributed by atoms with Gasteiger partial charge < -0.3 is 5.32 Å². The Morgan fingerprint density at radius 2 is 1.87 bits per heavy atom. The van der Waals surface area contributed by atoms with E-state index in [4.69, 9.17) is 11.6 Å². The number of amides is 2. The molecule has 7 nitrogen and oxygen atoms in total. The highest BCUT2D eigenvalue weighted by Gasteiger charge is 2.25. The third kappa shape index (κ3) is 4.97. The first-order valence-electron chi connectivity index (χ1n) is 9.68. The number of rotatable bonds is 6. The summed E-state index contributed by atoms with van der Waals surface area (Å²) in [5.41, 5.74) is 1.84. The lowest BCUT2D eigenvalue weighted by atomic mass is 10.1. The Kier molecular flexibility index (Phi) is 6.08. The first-order valence-corrected chi connectivity index (χ1v) is 10.1. The van der Waals surface area contributed by atoms with Crippen LogP contribution in [0.25, 0.3) is 0 Å². The van der Waals surface area contributed by atoms with Gasteiger partial charge in [0.05, 0.1) is 24.3 Å². The number of benzene rings is 2. The van der Waals surface area contributed by atoms with Crippen molar-refractivity contribution >= 4 is 34.9 Å². The fourth-order valence-corrected chi connectivity index (χ4v) is 3.33. The number of carbonyl (C=O) groups is 2. The van der Waals surface area contributed by atoms with Gasteiger partial charge in [-0.3, -0.25) is 9.59 Å². The number of anilines is 1. The van der Waals surface area contributed by atoms with Crippen molar-refractivity contribution in [3.8, 4) is 0 Å². The predicted molar refractivity (Wildman–Crippen MR) is 115 cm³/mol. The summed E-state index contributed by atoms with van der Waals surface area (Å²) in [5, 5.41) is 12.6. The van der Waals surface area contributed by atoms with Gasteiger partial charge in [0.1, 0.15) is 17.3 Å². The first-order chi connectivity index (χ1) is 15.0. The average molecular weight is 440 g/mol. The van der Waals surface area contributed by atoms with E-state index in [9.17, 15) is 14.0 Å². The molecule has 158 valence electrons. The van der Waals surface area contributed by atoms with Crippen molar-refractivity contribution in [2.75, 3.05) is 5.32 Å². The van der Waals surface area contributed by atoms with Crippen LogP contribution >= 0.6 is 11.6 Å². The molecule has 1 aliphatic heterocycles. The van der Waals surface area contributed by atoms with Crippen LogP contribution in [0.1, 0.15) is 24.0 Å². The van der Waals surface area contributed by atoms with Crippen molar-refractivity contribution < 1.29 is 14.0 Å². The van der Waals surface area contributed by atoms with Gasteiger partial charge in [-0.05, 0) is 23.3 Å². The molecule has 0 saturated heterocycles. The molecule has 0 aliphatic carbocycles. The van der Waals surface area contributed by atoms with E-state index in [1.807, 2.05) is 30.3 Å². The largest absolute Gasteiger partial charge is 0.306 e. The molecule has 0 spiro atoms. The van der Waals surface area contributed by atoms with Gasteiger partial charge >= 0.3 is 0 Å². The van der Waals surface area contributed by atoms with Crippen LogP contribution in [0.2, 0.25) is 5.02 Å². The quantitative estimate of drug-likeness (QED) is 0.633. The van der Waals surface area contributed by atoms with Crippen molar-refractivity contribution in [3.63, 3.8) is 0 Å². The maximum Gasteiger partial charge on any atom is 0.273 e. The fourth-order valence-electron chi connectivity index (χ4n) is 3.21. The molecule has 0 fully saturated rings. The lowest BCUT2D eigenvalue weighted by Gasteiger charge is -2.23. The van der Waals surface area contributed by atoms with Crippen LogP contribution in [-0.4, -0.2) is 32.3 Å². The number of hydrogen-bond donors (Lipinski definition) is 1. The van der Waals surface area contributed by atoms with Crippen molar-refractivity contribution in [2.24, 2.45) is 5.10 Å². The second-order valence-electron chi connectivity index (χ2n) is 7.06. The van der Waals surface area contributed by atoms with Gasteiger partial charge in [0.2, 0.25) is 5.91 Å². The summed E-state index contributed by atoms with van der Waals surface area (Å²) < 4.78 is 15.2. The maximum absolute atomic E-state index is 13.7. The molecule has 2 aromatic carbocycles. The molecule has 3 aromatic rings. The van der Waals surface area contributed by atoms with E-state index in [1.165, 1.54) is 28.0 Å². The summed E-state index contributed by atoms with van der Waals surface area (Å²) in [5.74, 6) is -0.615. The van der Waals surface area contributed by atoms with Crippen LogP contribution in [0.4, 0.5) is 10.2 Å². The zero-order valence-corrected chi connectivity index (χ0v) is 17.2. The first kappa shape index (κ1) is 20.7. The van der Waals surface area contributed by atoms with Crippen LogP contribution in [0, 0.1) is 5.82 Å². The fraction of sp³-hybridized carbons (Fsp3) is 0.182. The third-order valence-corrected chi connectivity index (χ3v) is 5.12. The number of nitrogens with zero attached hydrogens (tertiary/aromatic N) is 4. The second-order valence-corrected chi connectivity index (χ2v) is 7.47. The summed E-state index contributed by atoms with van der Waals surface area (Å²) in [4.78, 5) is 25.0. The Morgan fingerprint density at radius 3 is 2.65 bits per heavy atom. The van der Waals surface area contributed by atoms with Crippen LogP contribution in [0.5, 0.6) is 0 Å². The minimum Gasteiger partial charge on any atom is -0.306 e. The number of carbonyl (C=O) groups excluding carboxylic acids is 2. The van der Waals surface area contributed by atoms with Gasteiger partial charge in [0, 0.05) is 18.9 Å².